The summed E-state index contributed by atoms with van der Waals surface area (Å²) in [5, 5.41) is 11.4. The molecule has 2 aromatic heterocycles. The second-order valence-corrected chi connectivity index (χ2v) is 8.18. The number of rotatable bonds is 6. The minimum absolute atomic E-state index is 0.0670. The van der Waals surface area contributed by atoms with Crippen molar-refractivity contribution < 1.29 is 27.4 Å². The van der Waals surface area contributed by atoms with Crippen LogP contribution in [0.4, 0.5) is 19.0 Å². The average Bonchev–Trinajstić information content (AvgIpc) is 3.32. The Bertz CT molecular complexity index is 892. The van der Waals surface area contributed by atoms with Crippen LogP contribution >= 0.6 is 0 Å². The van der Waals surface area contributed by atoms with E-state index in [1.807, 2.05) is 25.5 Å². The van der Waals surface area contributed by atoms with Gasteiger partial charge in [-0.1, -0.05) is 0 Å². The smallest absolute Gasteiger partial charge is 0.372 e. The average molecular weight is 429 g/mol. The van der Waals surface area contributed by atoms with Gasteiger partial charge in [0.05, 0.1) is 29.6 Å². The second-order valence-electron chi connectivity index (χ2n) is 8.18. The number of aromatic nitrogens is 4. The van der Waals surface area contributed by atoms with E-state index < -0.39 is 18.9 Å². The van der Waals surface area contributed by atoms with E-state index in [2.05, 4.69) is 20.3 Å². The van der Waals surface area contributed by atoms with Gasteiger partial charge in [0.25, 0.3) is 5.91 Å². The third-order valence-electron chi connectivity index (χ3n) is 4.66. The van der Waals surface area contributed by atoms with Crippen LogP contribution in [0.2, 0.25) is 0 Å². The summed E-state index contributed by atoms with van der Waals surface area (Å²) in [5.41, 5.74) is 1.13. The maximum absolute atomic E-state index is 12.7. The number of anilines is 1. The summed E-state index contributed by atoms with van der Waals surface area (Å²) < 4.78 is 49.1. The molecule has 30 heavy (non-hydrogen) atoms. The van der Waals surface area contributed by atoms with E-state index in [-0.39, 0.29) is 23.8 Å². The standard InChI is InChI=1S/C19H26F3N5O3/c1-18(2,3)27-13(15-6-5-8-29-15)11-16(25-27)23-17(28)14-10-12(24-26(14)4)7-9-30-19(20,21)22/h10-11,15H,5-9H2,1-4H3,(H,23,25,28)/t15-/m1/s1. The van der Waals surface area contributed by atoms with E-state index in [9.17, 15) is 18.0 Å². The van der Waals surface area contributed by atoms with Gasteiger partial charge in [-0.15, -0.1) is 13.2 Å². The molecule has 11 heteroatoms. The van der Waals surface area contributed by atoms with Crippen molar-refractivity contribution in [3.05, 3.63) is 29.2 Å². The fraction of sp³-hybridized carbons (Fsp3) is 0.632. The van der Waals surface area contributed by atoms with Crippen molar-refractivity contribution in [2.75, 3.05) is 18.5 Å². The summed E-state index contributed by atoms with van der Waals surface area (Å²) in [6.45, 7) is 6.17. The lowest BCUT2D eigenvalue weighted by Crippen LogP contribution is -2.26. The normalized spacial score (nSPS) is 17.5. The van der Waals surface area contributed by atoms with Crippen molar-refractivity contribution in [1.29, 1.82) is 0 Å². The largest absolute Gasteiger partial charge is 0.522 e. The highest BCUT2D eigenvalue weighted by Crippen LogP contribution is 2.33. The maximum atomic E-state index is 12.7. The molecule has 3 rings (SSSR count). The summed E-state index contributed by atoms with van der Waals surface area (Å²) in [4.78, 5) is 12.7. The van der Waals surface area contributed by atoms with Gasteiger partial charge in [-0.2, -0.15) is 10.2 Å². The van der Waals surface area contributed by atoms with Gasteiger partial charge in [0.1, 0.15) is 5.69 Å². The number of amides is 1. The predicted octanol–water partition coefficient (Wildman–Crippen LogP) is 3.55. The van der Waals surface area contributed by atoms with Gasteiger partial charge >= 0.3 is 6.36 Å². The highest BCUT2D eigenvalue weighted by molar-refractivity contribution is 6.02. The maximum Gasteiger partial charge on any atom is 0.522 e. The van der Waals surface area contributed by atoms with Gasteiger partial charge in [-0.3, -0.25) is 18.9 Å². The molecule has 1 amide bonds. The molecule has 1 N–H and O–H groups in total. The van der Waals surface area contributed by atoms with Crippen LogP contribution in [-0.4, -0.2) is 45.0 Å². The number of aryl methyl sites for hydroxylation is 1. The molecule has 0 saturated carbocycles. The Hall–Kier alpha value is -2.40. The zero-order valence-corrected chi connectivity index (χ0v) is 17.4. The van der Waals surface area contributed by atoms with Gasteiger partial charge in [-0.05, 0) is 39.7 Å². The van der Waals surface area contributed by atoms with Gasteiger partial charge in [-0.25, -0.2) is 0 Å². The Morgan fingerprint density at radius 2 is 2.03 bits per heavy atom. The Labute approximate surface area is 172 Å². The lowest BCUT2D eigenvalue weighted by Gasteiger charge is -2.24. The number of carbonyl (C=O) groups is 1. The van der Waals surface area contributed by atoms with E-state index in [1.165, 1.54) is 10.7 Å². The third-order valence-corrected chi connectivity index (χ3v) is 4.66. The molecule has 166 valence electrons. The Morgan fingerprint density at radius 3 is 2.63 bits per heavy atom. The lowest BCUT2D eigenvalue weighted by molar-refractivity contribution is -0.324. The van der Waals surface area contributed by atoms with Crippen LogP contribution in [-0.2, 0) is 28.5 Å². The monoisotopic (exact) mass is 429 g/mol. The Morgan fingerprint density at radius 1 is 1.30 bits per heavy atom. The van der Waals surface area contributed by atoms with Crippen molar-refractivity contribution >= 4 is 11.7 Å². The first kappa shape index (κ1) is 22.3. The van der Waals surface area contributed by atoms with E-state index in [1.54, 1.807) is 13.1 Å². The predicted molar refractivity (Wildman–Crippen MR) is 102 cm³/mol. The topological polar surface area (TPSA) is 83.2 Å². The SMILES string of the molecule is Cn1nc(CCOC(F)(F)F)cc1C(=O)Nc1cc([C@H]2CCCO2)n(C(C)(C)C)n1. The van der Waals surface area contributed by atoms with Crippen LogP contribution in [0.1, 0.15) is 61.6 Å². The first-order valence-corrected chi connectivity index (χ1v) is 9.71. The van der Waals surface area contributed by atoms with Crippen molar-refractivity contribution in [3.63, 3.8) is 0 Å². The Balaban J connectivity index is 1.73. The summed E-state index contributed by atoms with van der Waals surface area (Å²) in [6, 6.07) is 3.24. The zero-order valence-electron chi connectivity index (χ0n) is 17.4. The molecule has 0 aromatic carbocycles. The lowest BCUT2D eigenvalue weighted by atomic mass is 10.1. The van der Waals surface area contributed by atoms with Crippen molar-refractivity contribution in [1.82, 2.24) is 19.6 Å². The first-order valence-electron chi connectivity index (χ1n) is 9.71. The second kappa shape index (κ2) is 8.38. The van der Waals surface area contributed by atoms with Crippen LogP contribution < -0.4 is 5.32 Å². The first-order chi connectivity index (χ1) is 13.9. The molecule has 1 aliphatic heterocycles. The van der Waals surface area contributed by atoms with Crippen LogP contribution in [0.5, 0.6) is 0 Å². The molecule has 0 aliphatic carbocycles. The highest BCUT2D eigenvalue weighted by Gasteiger charge is 2.30. The summed E-state index contributed by atoms with van der Waals surface area (Å²) >= 11 is 0. The molecule has 1 atom stereocenters. The van der Waals surface area contributed by atoms with Crippen molar-refractivity contribution in [3.8, 4) is 0 Å². The number of nitrogens with zero attached hydrogens (tertiary/aromatic N) is 4. The summed E-state index contributed by atoms with van der Waals surface area (Å²) in [5.74, 6) is -0.0750. The molecule has 2 aromatic rings. The molecule has 3 heterocycles. The number of carbonyl (C=O) groups excluding carboxylic acids is 1. The van der Waals surface area contributed by atoms with Gasteiger partial charge < -0.3 is 10.1 Å². The molecule has 0 spiro atoms. The number of ether oxygens (including phenoxy) is 2. The van der Waals surface area contributed by atoms with E-state index in [4.69, 9.17) is 4.74 Å². The minimum atomic E-state index is -4.69. The van der Waals surface area contributed by atoms with Crippen LogP contribution in [0.3, 0.4) is 0 Å². The van der Waals surface area contributed by atoms with E-state index in [0.29, 0.717) is 18.1 Å². The number of hydrogen-bond acceptors (Lipinski definition) is 5. The third kappa shape index (κ3) is 5.39. The number of nitrogens with one attached hydrogen (secondary N) is 1. The molecular weight excluding hydrogens is 403 g/mol. The van der Waals surface area contributed by atoms with Gasteiger partial charge in [0.15, 0.2) is 5.82 Å². The van der Waals surface area contributed by atoms with Crippen molar-refractivity contribution in [2.45, 2.75) is 58.0 Å². The van der Waals surface area contributed by atoms with Crippen LogP contribution in [0.25, 0.3) is 0 Å². The van der Waals surface area contributed by atoms with Crippen LogP contribution in [0, 0.1) is 0 Å². The van der Waals surface area contributed by atoms with Crippen LogP contribution in [0.15, 0.2) is 12.1 Å². The van der Waals surface area contributed by atoms with Gasteiger partial charge in [0, 0.05) is 26.1 Å². The number of alkyl halides is 3. The molecule has 0 radical (unpaired) electrons. The van der Waals surface area contributed by atoms with E-state index in [0.717, 1.165) is 18.5 Å². The molecule has 8 nitrogen and oxygen atoms in total. The molecular formula is C19H26F3N5O3. The Kier molecular flexibility index (Phi) is 6.23. The quantitative estimate of drug-likeness (QED) is 0.759. The fourth-order valence-electron chi connectivity index (χ4n) is 3.35. The summed E-state index contributed by atoms with van der Waals surface area (Å²) in [6.07, 6.45) is -2.97. The van der Waals surface area contributed by atoms with Crippen molar-refractivity contribution in [2.24, 2.45) is 7.05 Å². The molecule has 1 aliphatic rings. The molecule has 0 bridgehead atoms. The summed E-state index contributed by atoms with van der Waals surface area (Å²) in [7, 11) is 1.55. The fourth-order valence-corrected chi connectivity index (χ4v) is 3.35. The molecule has 0 unspecified atom stereocenters. The zero-order chi connectivity index (χ0) is 22.1. The highest BCUT2D eigenvalue weighted by atomic mass is 19.4. The minimum Gasteiger partial charge on any atom is -0.372 e. The molecule has 1 fully saturated rings. The number of halogens is 3. The van der Waals surface area contributed by atoms with Gasteiger partial charge in [0.2, 0.25) is 0 Å². The van der Waals surface area contributed by atoms with E-state index >= 15 is 0 Å². The number of hydrogen-bond donors (Lipinski definition) is 1. The molecule has 1 saturated heterocycles.